The molecule has 1 aromatic rings. The number of Topliss-reactive ketones (excluding diaryl/α,β-unsaturated/α-hetero) is 1. The SMILES string of the molecule is CC(=O)c1ccc(NCCC2CCCO2)cc1N. The predicted octanol–water partition coefficient (Wildman–Crippen LogP) is 2.45. The number of anilines is 2. The summed E-state index contributed by atoms with van der Waals surface area (Å²) >= 11 is 0. The summed E-state index contributed by atoms with van der Waals surface area (Å²) in [4.78, 5) is 11.2. The molecule has 1 aliphatic heterocycles. The summed E-state index contributed by atoms with van der Waals surface area (Å²) in [6.07, 6.45) is 3.73. The number of nitrogens with two attached hydrogens (primary N) is 1. The van der Waals surface area contributed by atoms with Crippen molar-refractivity contribution in [1.82, 2.24) is 0 Å². The van der Waals surface area contributed by atoms with E-state index in [1.165, 1.54) is 13.3 Å². The average Bonchev–Trinajstić information content (AvgIpc) is 2.81. The molecule has 1 fully saturated rings. The quantitative estimate of drug-likeness (QED) is 0.620. The standard InChI is InChI=1S/C14H20N2O2/c1-10(17)13-5-4-11(9-14(13)15)16-7-6-12-3-2-8-18-12/h4-5,9,12,16H,2-3,6-8,15H2,1H3. The first-order chi connectivity index (χ1) is 8.66. The third-order valence-corrected chi connectivity index (χ3v) is 3.25. The van der Waals surface area contributed by atoms with Crippen LogP contribution >= 0.6 is 0 Å². The van der Waals surface area contributed by atoms with Crippen LogP contribution < -0.4 is 11.1 Å². The number of carbonyl (C=O) groups excluding carboxylic acids is 1. The number of hydrogen-bond acceptors (Lipinski definition) is 4. The average molecular weight is 248 g/mol. The minimum atomic E-state index is -0.00148. The van der Waals surface area contributed by atoms with Crippen molar-refractivity contribution >= 4 is 17.2 Å². The van der Waals surface area contributed by atoms with Crippen LogP contribution in [0.25, 0.3) is 0 Å². The number of nitrogen functional groups attached to an aromatic ring is 1. The summed E-state index contributed by atoms with van der Waals surface area (Å²) in [7, 11) is 0. The van der Waals surface area contributed by atoms with Crippen LogP contribution in [0.4, 0.5) is 11.4 Å². The smallest absolute Gasteiger partial charge is 0.161 e. The molecule has 2 rings (SSSR count). The normalized spacial score (nSPS) is 18.8. The molecule has 1 saturated heterocycles. The molecule has 1 atom stereocenters. The van der Waals surface area contributed by atoms with Gasteiger partial charge in [0, 0.05) is 30.1 Å². The topological polar surface area (TPSA) is 64.3 Å². The Morgan fingerprint density at radius 3 is 3.00 bits per heavy atom. The van der Waals surface area contributed by atoms with Crippen molar-refractivity contribution in [3.05, 3.63) is 23.8 Å². The molecule has 3 N–H and O–H groups in total. The molecule has 0 radical (unpaired) electrons. The monoisotopic (exact) mass is 248 g/mol. The van der Waals surface area contributed by atoms with Gasteiger partial charge < -0.3 is 15.8 Å². The molecule has 1 unspecified atom stereocenters. The van der Waals surface area contributed by atoms with E-state index in [4.69, 9.17) is 10.5 Å². The summed E-state index contributed by atoms with van der Waals surface area (Å²) in [6, 6.07) is 5.47. The highest BCUT2D eigenvalue weighted by atomic mass is 16.5. The molecule has 4 heteroatoms. The Balaban J connectivity index is 1.85. The van der Waals surface area contributed by atoms with E-state index < -0.39 is 0 Å². The second kappa shape index (κ2) is 5.87. The zero-order valence-electron chi connectivity index (χ0n) is 10.7. The Hall–Kier alpha value is -1.55. The highest BCUT2D eigenvalue weighted by Gasteiger charge is 2.14. The van der Waals surface area contributed by atoms with Gasteiger partial charge in [-0.25, -0.2) is 0 Å². The Kier molecular flexibility index (Phi) is 4.20. The van der Waals surface area contributed by atoms with Crippen molar-refractivity contribution in [2.45, 2.75) is 32.3 Å². The first-order valence-electron chi connectivity index (χ1n) is 6.43. The lowest BCUT2D eigenvalue weighted by Gasteiger charge is -2.12. The van der Waals surface area contributed by atoms with E-state index in [9.17, 15) is 4.79 Å². The molecular formula is C14H20N2O2. The maximum atomic E-state index is 11.2. The first kappa shape index (κ1) is 12.9. The maximum absolute atomic E-state index is 11.2. The van der Waals surface area contributed by atoms with Gasteiger partial charge in [0.15, 0.2) is 5.78 Å². The maximum Gasteiger partial charge on any atom is 0.161 e. The van der Waals surface area contributed by atoms with Gasteiger partial charge in [0.2, 0.25) is 0 Å². The van der Waals surface area contributed by atoms with Gasteiger partial charge in [0.1, 0.15) is 0 Å². The summed E-state index contributed by atoms with van der Waals surface area (Å²) < 4.78 is 5.56. The molecule has 1 heterocycles. The van der Waals surface area contributed by atoms with E-state index in [0.29, 0.717) is 17.4 Å². The molecule has 0 spiro atoms. The van der Waals surface area contributed by atoms with Crippen molar-refractivity contribution in [2.24, 2.45) is 0 Å². The molecule has 1 aromatic carbocycles. The number of ether oxygens (including phenoxy) is 1. The number of nitrogens with one attached hydrogen (secondary N) is 1. The van der Waals surface area contributed by atoms with Gasteiger partial charge in [-0.15, -0.1) is 0 Å². The minimum absolute atomic E-state index is 0.00148. The van der Waals surface area contributed by atoms with Gasteiger partial charge in [-0.05, 0) is 44.4 Å². The third kappa shape index (κ3) is 3.23. The number of rotatable bonds is 5. The molecule has 98 valence electrons. The fourth-order valence-corrected chi connectivity index (χ4v) is 2.24. The highest BCUT2D eigenvalue weighted by Crippen LogP contribution is 2.19. The molecule has 4 nitrogen and oxygen atoms in total. The van der Waals surface area contributed by atoms with Crippen LogP contribution in [-0.4, -0.2) is 25.0 Å². The van der Waals surface area contributed by atoms with E-state index in [-0.39, 0.29) is 5.78 Å². The van der Waals surface area contributed by atoms with Crippen molar-refractivity contribution in [1.29, 1.82) is 0 Å². The van der Waals surface area contributed by atoms with Gasteiger partial charge in [0.25, 0.3) is 0 Å². The van der Waals surface area contributed by atoms with Crippen LogP contribution in [0.1, 0.15) is 36.5 Å². The lowest BCUT2D eigenvalue weighted by molar-refractivity contribution is 0.101. The summed E-state index contributed by atoms with van der Waals surface area (Å²) in [5.74, 6) is -0.00148. The minimum Gasteiger partial charge on any atom is -0.398 e. The van der Waals surface area contributed by atoms with Gasteiger partial charge in [-0.2, -0.15) is 0 Å². The molecule has 18 heavy (non-hydrogen) atoms. The number of hydrogen-bond donors (Lipinski definition) is 2. The Morgan fingerprint density at radius 1 is 1.56 bits per heavy atom. The molecule has 0 aliphatic carbocycles. The van der Waals surface area contributed by atoms with Crippen molar-refractivity contribution in [3.63, 3.8) is 0 Å². The molecule has 1 aliphatic rings. The number of ketones is 1. The van der Waals surface area contributed by atoms with Crippen molar-refractivity contribution < 1.29 is 9.53 Å². The second-order valence-electron chi connectivity index (χ2n) is 4.71. The Morgan fingerprint density at radius 2 is 2.39 bits per heavy atom. The fraction of sp³-hybridized carbons (Fsp3) is 0.500. The van der Waals surface area contributed by atoms with E-state index in [2.05, 4.69) is 5.32 Å². The zero-order chi connectivity index (χ0) is 13.0. The molecular weight excluding hydrogens is 228 g/mol. The summed E-state index contributed by atoms with van der Waals surface area (Å²) in [6.45, 7) is 3.28. The van der Waals surface area contributed by atoms with E-state index in [0.717, 1.165) is 31.7 Å². The van der Waals surface area contributed by atoms with Crippen LogP contribution in [-0.2, 0) is 4.74 Å². The van der Waals surface area contributed by atoms with Crippen LogP contribution in [0.3, 0.4) is 0 Å². The molecule has 0 bridgehead atoms. The Labute approximate surface area is 108 Å². The fourth-order valence-electron chi connectivity index (χ4n) is 2.24. The highest BCUT2D eigenvalue weighted by molar-refractivity contribution is 5.99. The molecule has 0 aromatic heterocycles. The van der Waals surface area contributed by atoms with Gasteiger partial charge >= 0.3 is 0 Å². The van der Waals surface area contributed by atoms with E-state index >= 15 is 0 Å². The van der Waals surface area contributed by atoms with Crippen LogP contribution in [0.15, 0.2) is 18.2 Å². The third-order valence-electron chi connectivity index (χ3n) is 3.25. The van der Waals surface area contributed by atoms with Gasteiger partial charge in [-0.3, -0.25) is 4.79 Å². The van der Waals surface area contributed by atoms with Crippen molar-refractivity contribution in [3.8, 4) is 0 Å². The second-order valence-corrected chi connectivity index (χ2v) is 4.71. The van der Waals surface area contributed by atoms with Gasteiger partial charge in [0.05, 0.1) is 6.10 Å². The lowest BCUT2D eigenvalue weighted by Crippen LogP contribution is -2.12. The summed E-state index contributed by atoms with van der Waals surface area (Å²) in [5.41, 5.74) is 7.90. The van der Waals surface area contributed by atoms with Crippen molar-refractivity contribution in [2.75, 3.05) is 24.2 Å². The Bertz CT molecular complexity index is 426. The first-order valence-corrected chi connectivity index (χ1v) is 6.43. The van der Waals surface area contributed by atoms with Crippen LogP contribution in [0.2, 0.25) is 0 Å². The summed E-state index contributed by atoms with van der Waals surface area (Å²) in [5, 5.41) is 3.31. The van der Waals surface area contributed by atoms with Crippen LogP contribution in [0, 0.1) is 0 Å². The van der Waals surface area contributed by atoms with E-state index in [1.54, 1.807) is 6.07 Å². The number of carbonyl (C=O) groups is 1. The lowest BCUT2D eigenvalue weighted by atomic mass is 10.1. The molecule has 0 saturated carbocycles. The largest absolute Gasteiger partial charge is 0.398 e. The molecule has 0 amide bonds. The van der Waals surface area contributed by atoms with Crippen LogP contribution in [0.5, 0.6) is 0 Å². The van der Waals surface area contributed by atoms with E-state index in [1.807, 2.05) is 12.1 Å². The number of benzene rings is 1. The predicted molar refractivity (Wildman–Crippen MR) is 72.9 cm³/mol. The van der Waals surface area contributed by atoms with Gasteiger partial charge in [-0.1, -0.05) is 0 Å². The zero-order valence-corrected chi connectivity index (χ0v) is 10.7.